The van der Waals surface area contributed by atoms with Crippen molar-refractivity contribution in [2.24, 2.45) is 17.5 Å². The predicted molar refractivity (Wildman–Crippen MR) is 74.9 cm³/mol. The monoisotopic (exact) mass is 275 g/mol. The second-order valence-electron chi connectivity index (χ2n) is 4.92. The lowest BCUT2D eigenvalue weighted by atomic mass is 9.96. The Balaban J connectivity index is 1.90. The molecule has 2 aromatic rings. The van der Waals surface area contributed by atoms with Crippen LogP contribution in [0.4, 0.5) is 11.6 Å². The van der Waals surface area contributed by atoms with Crippen molar-refractivity contribution in [3.05, 3.63) is 18.6 Å². The fourth-order valence-corrected chi connectivity index (χ4v) is 2.57. The number of carbonyl (C=O) groups excluding carboxylic acids is 1. The minimum absolute atomic E-state index is 0.0437. The number of nitrogens with one attached hydrogen (secondary N) is 1. The first-order valence-electron chi connectivity index (χ1n) is 6.53. The summed E-state index contributed by atoms with van der Waals surface area (Å²) in [5.41, 5.74) is 8.69. The maximum absolute atomic E-state index is 11.2. The lowest BCUT2D eigenvalue weighted by molar-refractivity contribution is -0.122. The third kappa shape index (κ3) is 2.14. The Labute approximate surface area is 115 Å². The molecule has 3 rings (SSSR count). The molecule has 8 nitrogen and oxygen atoms in total. The van der Waals surface area contributed by atoms with E-state index in [-0.39, 0.29) is 11.8 Å². The van der Waals surface area contributed by atoms with Gasteiger partial charge in [0.2, 0.25) is 5.91 Å². The van der Waals surface area contributed by atoms with Gasteiger partial charge in [-0.2, -0.15) is 0 Å². The van der Waals surface area contributed by atoms with Crippen LogP contribution in [0.3, 0.4) is 0 Å². The first kappa shape index (κ1) is 12.7. The first-order chi connectivity index (χ1) is 9.69. The number of rotatable bonds is 3. The number of fused-ring (bicyclic) bond motifs is 1. The molecular formula is C12H17N7O. The summed E-state index contributed by atoms with van der Waals surface area (Å²) in [6.45, 7) is 1.47. The number of piperidine rings is 1. The molecule has 0 aliphatic carbocycles. The molecule has 1 aliphatic rings. The van der Waals surface area contributed by atoms with E-state index >= 15 is 0 Å². The zero-order valence-electron chi connectivity index (χ0n) is 11.0. The van der Waals surface area contributed by atoms with Crippen LogP contribution in [0.1, 0.15) is 12.8 Å². The largest absolute Gasteiger partial charge is 0.369 e. The molecule has 1 saturated heterocycles. The average Bonchev–Trinajstić information content (AvgIpc) is 2.94. The van der Waals surface area contributed by atoms with Crippen molar-refractivity contribution in [2.75, 3.05) is 23.4 Å². The number of nitrogens with zero attached hydrogens (tertiary/aromatic N) is 4. The number of hydrogen-bond donors (Lipinski definition) is 3. The van der Waals surface area contributed by atoms with Gasteiger partial charge in [-0.3, -0.25) is 4.79 Å². The minimum atomic E-state index is -0.221. The number of aromatic nitrogens is 3. The molecule has 0 atom stereocenters. The third-order valence-electron chi connectivity index (χ3n) is 3.70. The standard InChI is InChI=1S/C12H17N7O/c13-10(20)8-1-4-18(5-2-8)12-11-15-3-6-19(11)7-9(16-12)17-14/h3,6-8,17H,1-2,4-5,14H2,(H2,13,20). The summed E-state index contributed by atoms with van der Waals surface area (Å²) >= 11 is 0. The van der Waals surface area contributed by atoms with Gasteiger partial charge in [-0.25, -0.2) is 15.8 Å². The number of hydrogen-bond acceptors (Lipinski definition) is 6. The van der Waals surface area contributed by atoms with Crippen LogP contribution < -0.4 is 21.9 Å². The fraction of sp³-hybridized carbons (Fsp3) is 0.417. The second kappa shape index (κ2) is 4.97. The van der Waals surface area contributed by atoms with E-state index in [1.165, 1.54) is 0 Å². The predicted octanol–water partition coefficient (Wildman–Crippen LogP) is -0.283. The Morgan fingerprint density at radius 2 is 2.15 bits per heavy atom. The van der Waals surface area contributed by atoms with Gasteiger partial charge in [-0.15, -0.1) is 0 Å². The molecular weight excluding hydrogens is 258 g/mol. The summed E-state index contributed by atoms with van der Waals surface area (Å²) in [6.07, 6.45) is 6.82. The van der Waals surface area contributed by atoms with E-state index in [2.05, 4.69) is 20.3 Å². The normalized spacial score (nSPS) is 16.6. The first-order valence-corrected chi connectivity index (χ1v) is 6.53. The number of hydrazine groups is 1. The van der Waals surface area contributed by atoms with Crippen molar-refractivity contribution in [3.63, 3.8) is 0 Å². The minimum Gasteiger partial charge on any atom is -0.369 e. The maximum Gasteiger partial charge on any atom is 0.220 e. The van der Waals surface area contributed by atoms with Crippen LogP contribution in [0.15, 0.2) is 18.6 Å². The summed E-state index contributed by atoms with van der Waals surface area (Å²) in [4.78, 5) is 22.1. The van der Waals surface area contributed by atoms with Crippen LogP contribution in [-0.2, 0) is 4.79 Å². The van der Waals surface area contributed by atoms with Crippen LogP contribution in [0.5, 0.6) is 0 Å². The molecule has 1 amide bonds. The smallest absolute Gasteiger partial charge is 0.220 e. The van der Waals surface area contributed by atoms with E-state index in [1.807, 2.05) is 10.6 Å². The Kier molecular flexibility index (Phi) is 3.15. The molecule has 0 aromatic carbocycles. The molecule has 0 unspecified atom stereocenters. The maximum atomic E-state index is 11.2. The topological polar surface area (TPSA) is 115 Å². The quantitative estimate of drug-likeness (QED) is 0.524. The van der Waals surface area contributed by atoms with E-state index in [4.69, 9.17) is 11.6 Å². The average molecular weight is 275 g/mol. The van der Waals surface area contributed by atoms with E-state index in [1.54, 1.807) is 12.4 Å². The second-order valence-corrected chi connectivity index (χ2v) is 4.92. The highest BCUT2D eigenvalue weighted by molar-refractivity contribution is 5.77. The van der Waals surface area contributed by atoms with Gasteiger partial charge >= 0.3 is 0 Å². The highest BCUT2D eigenvalue weighted by Crippen LogP contribution is 2.25. The Bertz CT molecular complexity index is 630. The summed E-state index contributed by atoms with van der Waals surface area (Å²) in [5.74, 6) is 6.52. The summed E-state index contributed by atoms with van der Waals surface area (Å²) in [6, 6.07) is 0. The van der Waals surface area contributed by atoms with Gasteiger partial charge in [-0.05, 0) is 12.8 Å². The summed E-state index contributed by atoms with van der Waals surface area (Å²) in [7, 11) is 0. The van der Waals surface area contributed by atoms with Crippen molar-refractivity contribution >= 4 is 23.2 Å². The van der Waals surface area contributed by atoms with Crippen molar-refractivity contribution < 1.29 is 4.79 Å². The van der Waals surface area contributed by atoms with Crippen LogP contribution in [0.25, 0.3) is 5.65 Å². The molecule has 1 fully saturated rings. The van der Waals surface area contributed by atoms with Gasteiger partial charge in [0.25, 0.3) is 0 Å². The van der Waals surface area contributed by atoms with Gasteiger partial charge < -0.3 is 20.5 Å². The van der Waals surface area contributed by atoms with Gasteiger partial charge in [-0.1, -0.05) is 0 Å². The highest BCUT2D eigenvalue weighted by Gasteiger charge is 2.25. The van der Waals surface area contributed by atoms with Gasteiger partial charge in [0, 0.05) is 31.4 Å². The number of anilines is 2. The van der Waals surface area contributed by atoms with E-state index in [0.717, 1.165) is 37.4 Å². The van der Waals surface area contributed by atoms with Crippen molar-refractivity contribution in [3.8, 4) is 0 Å². The van der Waals surface area contributed by atoms with Crippen molar-refractivity contribution in [2.45, 2.75) is 12.8 Å². The Morgan fingerprint density at radius 3 is 2.80 bits per heavy atom. The fourth-order valence-electron chi connectivity index (χ4n) is 2.57. The van der Waals surface area contributed by atoms with Crippen molar-refractivity contribution in [1.29, 1.82) is 0 Å². The molecule has 0 saturated carbocycles. The molecule has 2 aromatic heterocycles. The lowest BCUT2D eigenvalue weighted by Crippen LogP contribution is -2.39. The highest BCUT2D eigenvalue weighted by atomic mass is 16.1. The Hall–Kier alpha value is -2.35. The molecule has 20 heavy (non-hydrogen) atoms. The number of nitrogens with two attached hydrogens (primary N) is 2. The van der Waals surface area contributed by atoms with Gasteiger partial charge in [0.05, 0.1) is 6.20 Å². The number of amides is 1. The summed E-state index contributed by atoms with van der Waals surface area (Å²) < 4.78 is 1.87. The lowest BCUT2D eigenvalue weighted by Gasteiger charge is -2.31. The van der Waals surface area contributed by atoms with E-state index in [9.17, 15) is 4.79 Å². The van der Waals surface area contributed by atoms with Crippen LogP contribution in [-0.4, -0.2) is 33.4 Å². The van der Waals surface area contributed by atoms with E-state index < -0.39 is 0 Å². The molecule has 1 aliphatic heterocycles. The molecule has 106 valence electrons. The summed E-state index contributed by atoms with van der Waals surface area (Å²) in [5, 5.41) is 0. The molecule has 0 bridgehead atoms. The van der Waals surface area contributed by atoms with Crippen LogP contribution in [0.2, 0.25) is 0 Å². The SMILES string of the molecule is NNc1cn2ccnc2c(N2CCC(C(N)=O)CC2)n1. The van der Waals surface area contributed by atoms with Crippen molar-refractivity contribution in [1.82, 2.24) is 14.4 Å². The van der Waals surface area contributed by atoms with Crippen LogP contribution in [0, 0.1) is 5.92 Å². The van der Waals surface area contributed by atoms with E-state index in [0.29, 0.717) is 5.82 Å². The molecule has 0 spiro atoms. The third-order valence-corrected chi connectivity index (χ3v) is 3.70. The zero-order valence-corrected chi connectivity index (χ0v) is 11.0. The number of primary amides is 1. The molecule has 8 heteroatoms. The van der Waals surface area contributed by atoms with Gasteiger partial charge in [0.15, 0.2) is 17.3 Å². The Morgan fingerprint density at radius 1 is 1.40 bits per heavy atom. The molecule has 3 heterocycles. The zero-order chi connectivity index (χ0) is 14.1. The number of nitrogen functional groups attached to an aromatic ring is 1. The van der Waals surface area contributed by atoms with Crippen LogP contribution >= 0.6 is 0 Å². The molecule has 0 radical (unpaired) electrons. The molecule has 5 N–H and O–H groups in total. The number of carbonyl (C=O) groups is 1. The number of imidazole rings is 1. The van der Waals surface area contributed by atoms with Gasteiger partial charge in [0.1, 0.15) is 0 Å².